The summed E-state index contributed by atoms with van der Waals surface area (Å²) in [5.41, 5.74) is 0. The fourth-order valence-corrected chi connectivity index (χ4v) is 2.36. The summed E-state index contributed by atoms with van der Waals surface area (Å²) in [6.07, 6.45) is 6.75. The van der Waals surface area contributed by atoms with Gasteiger partial charge in [0.05, 0.1) is 0 Å². The van der Waals surface area contributed by atoms with Crippen molar-refractivity contribution in [2.75, 3.05) is 26.2 Å². The first-order valence-electron chi connectivity index (χ1n) is 6.33. The van der Waals surface area contributed by atoms with Crippen LogP contribution in [0.15, 0.2) is 0 Å². The first-order chi connectivity index (χ1) is 6.88. The summed E-state index contributed by atoms with van der Waals surface area (Å²) in [4.78, 5) is 2.67. The zero-order valence-corrected chi connectivity index (χ0v) is 9.89. The Morgan fingerprint density at radius 3 is 2.86 bits per heavy atom. The third-order valence-electron chi connectivity index (χ3n) is 3.20. The fraction of sp³-hybridized carbons (Fsp3) is 1.00. The Hall–Kier alpha value is -0.0800. The van der Waals surface area contributed by atoms with Gasteiger partial charge in [-0.05, 0) is 58.3 Å². The lowest BCUT2D eigenvalue weighted by molar-refractivity contribution is 0.244. The molecule has 0 radical (unpaired) electrons. The van der Waals surface area contributed by atoms with Gasteiger partial charge < -0.3 is 10.2 Å². The molecule has 2 nitrogen and oxygen atoms in total. The molecule has 0 bridgehead atoms. The molecule has 1 unspecified atom stereocenters. The van der Waals surface area contributed by atoms with Crippen LogP contribution in [0.25, 0.3) is 0 Å². The molecule has 1 aliphatic rings. The molecule has 0 aliphatic carbocycles. The van der Waals surface area contributed by atoms with Gasteiger partial charge in [-0.2, -0.15) is 0 Å². The smallest absolute Gasteiger partial charge is 0.00931 e. The molecule has 1 aliphatic heterocycles. The maximum absolute atomic E-state index is 3.47. The molecule has 1 atom stereocenters. The summed E-state index contributed by atoms with van der Waals surface area (Å²) < 4.78 is 0. The Morgan fingerprint density at radius 1 is 1.29 bits per heavy atom. The van der Waals surface area contributed by atoms with Crippen molar-refractivity contribution >= 4 is 0 Å². The maximum Gasteiger partial charge on any atom is 0.00931 e. The molecule has 1 fully saturated rings. The predicted octanol–water partition coefficient (Wildman–Crippen LogP) is 2.25. The second kappa shape index (κ2) is 7.24. The van der Waals surface area contributed by atoms with E-state index >= 15 is 0 Å². The summed E-state index contributed by atoms with van der Waals surface area (Å²) in [6, 6.07) is 0.890. The van der Waals surface area contributed by atoms with Gasteiger partial charge in [0, 0.05) is 6.04 Å². The molecule has 1 saturated heterocycles. The van der Waals surface area contributed by atoms with E-state index < -0.39 is 0 Å². The number of rotatable bonds is 7. The van der Waals surface area contributed by atoms with Crippen LogP contribution in [0.1, 0.15) is 46.0 Å². The number of likely N-dealkylation sites (tertiary alicyclic amines) is 1. The minimum absolute atomic E-state index is 0.890. The van der Waals surface area contributed by atoms with E-state index in [1.165, 1.54) is 58.3 Å². The predicted molar refractivity (Wildman–Crippen MR) is 62.7 cm³/mol. The summed E-state index contributed by atoms with van der Waals surface area (Å²) in [5.74, 6) is 0. The van der Waals surface area contributed by atoms with Crippen LogP contribution in [-0.2, 0) is 0 Å². The molecule has 0 amide bonds. The zero-order valence-electron chi connectivity index (χ0n) is 9.89. The molecular weight excluding hydrogens is 172 g/mol. The lowest BCUT2D eigenvalue weighted by Gasteiger charge is -2.23. The van der Waals surface area contributed by atoms with Crippen molar-refractivity contribution in [3.63, 3.8) is 0 Å². The first kappa shape index (κ1) is 12.0. The lowest BCUT2D eigenvalue weighted by atomic mass is 10.2. The molecule has 1 N–H and O–H groups in total. The van der Waals surface area contributed by atoms with Crippen molar-refractivity contribution in [3.05, 3.63) is 0 Å². The van der Waals surface area contributed by atoms with Gasteiger partial charge in [0.1, 0.15) is 0 Å². The first-order valence-corrected chi connectivity index (χ1v) is 6.33. The Bertz CT molecular complexity index is 136. The van der Waals surface area contributed by atoms with E-state index in [0.29, 0.717) is 0 Å². The molecule has 2 heteroatoms. The molecule has 1 heterocycles. The van der Waals surface area contributed by atoms with Gasteiger partial charge in [-0.1, -0.05) is 13.8 Å². The topological polar surface area (TPSA) is 15.3 Å². The third kappa shape index (κ3) is 3.97. The van der Waals surface area contributed by atoms with E-state index in [1.807, 2.05) is 0 Å². The van der Waals surface area contributed by atoms with E-state index in [4.69, 9.17) is 0 Å². The van der Waals surface area contributed by atoms with Crippen LogP contribution >= 0.6 is 0 Å². The Labute approximate surface area is 89.1 Å². The molecule has 0 aromatic rings. The number of hydrogen-bond acceptors (Lipinski definition) is 2. The summed E-state index contributed by atoms with van der Waals surface area (Å²) in [5, 5.41) is 3.47. The highest BCUT2D eigenvalue weighted by atomic mass is 15.2. The largest absolute Gasteiger partial charge is 0.317 e. The van der Waals surface area contributed by atoms with Gasteiger partial charge in [-0.15, -0.1) is 0 Å². The number of nitrogens with zero attached hydrogens (tertiary/aromatic N) is 1. The molecule has 14 heavy (non-hydrogen) atoms. The average Bonchev–Trinajstić information content (AvgIpc) is 2.65. The van der Waals surface area contributed by atoms with Crippen molar-refractivity contribution < 1.29 is 0 Å². The standard InChI is InChI=1S/C12H26N2/c1-3-8-13-9-6-11-14-10-5-7-12(14)4-2/h12-13H,3-11H2,1-2H3. The maximum atomic E-state index is 3.47. The van der Waals surface area contributed by atoms with E-state index in [9.17, 15) is 0 Å². The fourth-order valence-electron chi connectivity index (χ4n) is 2.36. The minimum atomic E-state index is 0.890. The third-order valence-corrected chi connectivity index (χ3v) is 3.20. The van der Waals surface area contributed by atoms with Gasteiger partial charge in [-0.25, -0.2) is 0 Å². The number of hydrogen-bond donors (Lipinski definition) is 1. The second-order valence-electron chi connectivity index (χ2n) is 4.34. The van der Waals surface area contributed by atoms with Crippen molar-refractivity contribution in [1.82, 2.24) is 10.2 Å². The van der Waals surface area contributed by atoms with E-state index in [-0.39, 0.29) is 0 Å². The zero-order chi connectivity index (χ0) is 10.2. The van der Waals surface area contributed by atoms with Crippen LogP contribution in [0, 0.1) is 0 Å². The van der Waals surface area contributed by atoms with E-state index in [1.54, 1.807) is 0 Å². The molecular formula is C12H26N2. The molecule has 1 rings (SSSR count). The Kier molecular flexibility index (Phi) is 6.20. The van der Waals surface area contributed by atoms with Crippen LogP contribution in [0.5, 0.6) is 0 Å². The average molecular weight is 198 g/mol. The van der Waals surface area contributed by atoms with Crippen molar-refractivity contribution in [3.8, 4) is 0 Å². The highest BCUT2D eigenvalue weighted by Gasteiger charge is 2.21. The van der Waals surface area contributed by atoms with Crippen LogP contribution in [0.4, 0.5) is 0 Å². The summed E-state index contributed by atoms with van der Waals surface area (Å²) in [6.45, 7) is 9.55. The summed E-state index contributed by atoms with van der Waals surface area (Å²) >= 11 is 0. The van der Waals surface area contributed by atoms with Crippen LogP contribution in [-0.4, -0.2) is 37.1 Å². The van der Waals surface area contributed by atoms with Gasteiger partial charge in [0.15, 0.2) is 0 Å². The summed E-state index contributed by atoms with van der Waals surface area (Å²) in [7, 11) is 0. The van der Waals surface area contributed by atoms with Gasteiger partial charge in [0.2, 0.25) is 0 Å². The molecule has 0 aromatic carbocycles. The van der Waals surface area contributed by atoms with Crippen LogP contribution < -0.4 is 5.32 Å². The van der Waals surface area contributed by atoms with E-state index in [0.717, 1.165) is 6.04 Å². The molecule has 0 spiro atoms. The van der Waals surface area contributed by atoms with Crippen molar-refractivity contribution in [2.45, 2.75) is 52.0 Å². The second-order valence-corrected chi connectivity index (χ2v) is 4.34. The van der Waals surface area contributed by atoms with E-state index in [2.05, 4.69) is 24.1 Å². The quantitative estimate of drug-likeness (QED) is 0.631. The Morgan fingerprint density at radius 2 is 2.14 bits per heavy atom. The van der Waals surface area contributed by atoms with Gasteiger partial charge in [-0.3, -0.25) is 0 Å². The normalized spacial score (nSPS) is 23.1. The van der Waals surface area contributed by atoms with Crippen LogP contribution in [0.2, 0.25) is 0 Å². The highest BCUT2D eigenvalue weighted by Crippen LogP contribution is 2.19. The molecule has 0 saturated carbocycles. The Balaban J connectivity index is 2.00. The highest BCUT2D eigenvalue weighted by molar-refractivity contribution is 4.77. The number of nitrogens with one attached hydrogen (secondary N) is 1. The minimum Gasteiger partial charge on any atom is -0.317 e. The van der Waals surface area contributed by atoms with Crippen molar-refractivity contribution in [1.29, 1.82) is 0 Å². The van der Waals surface area contributed by atoms with Crippen molar-refractivity contribution in [2.24, 2.45) is 0 Å². The molecule has 0 aromatic heterocycles. The SMILES string of the molecule is CCCNCCCN1CCCC1CC. The van der Waals surface area contributed by atoms with Gasteiger partial charge in [0.25, 0.3) is 0 Å². The van der Waals surface area contributed by atoms with Gasteiger partial charge >= 0.3 is 0 Å². The lowest BCUT2D eigenvalue weighted by Crippen LogP contribution is -2.31. The molecule has 84 valence electrons. The monoisotopic (exact) mass is 198 g/mol. The van der Waals surface area contributed by atoms with Crippen LogP contribution in [0.3, 0.4) is 0 Å².